The van der Waals surface area contributed by atoms with Gasteiger partial charge in [-0.25, -0.2) is 9.18 Å². The van der Waals surface area contributed by atoms with Crippen LogP contribution >= 0.6 is 0 Å². The largest absolute Gasteiger partial charge is 0.548 e. The molecule has 2 rings (SSSR count). The van der Waals surface area contributed by atoms with Crippen molar-refractivity contribution in [3.63, 3.8) is 0 Å². The number of β-amino-alcohol motifs (C(OH)–C–C–N with tert-alkyl or cyclic N) is 1. The summed E-state index contributed by atoms with van der Waals surface area (Å²) in [6.45, 7) is -0.126. The number of halogens is 1. The zero-order valence-electron chi connectivity index (χ0n) is 9.88. The highest BCUT2D eigenvalue weighted by molar-refractivity contribution is 5.92. The number of anilines is 1. The molecule has 6 nitrogen and oxygen atoms in total. The van der Waals surface area contributed by atoms with Crippen LogP contribution in [0.1, 0.15) is 6.42 Å². The third-order valence-corrected chi connectivity index (χ3v) is 2.93. The highest BCUT2D eigenvalue weighted by Crippen LogP contribution is 2.20. The van der Waals surface area contributed by atoms with E-state index >= 15 is 0 Å². The van der Waals surface area contributed by atoms with Crippen molar-refractivity contribution in [1.29, 1.82) is 0 Å². The summed E-state index contributed by atoms with van der Waals surface area (Å²) in [5.41, 5.74) is -0.0500. The molecule has 1 aliphatic heterocycles. The van der Waals surface area contributed by atoms with Gasteiger partial charge in [-0.05, 0) is 12.1 Å². The lowest BCUT2D eigenvalue weighted by Gasteiger charge is -2.25. The molecule has 2 amide bonds. The van der Waals surface area contributed by atoms with Crippen LogP contribution in [0.25, 0.3) is 0 Å². The van der Waals surface area contributed by atoms with E-state index in [0.717, 1.165) is 4.90 Å². The Hall–Kier alpha value is -2.15. The summed E-state index contributed by atoms with van der Waals surface area (Å²) in [7, 11) is 0. The van der Waals surface area contributed by atoms with Crippen LogP contribution in [0, 0.1) is 5.82 Å². The number of urea groups is 1. The molecular formula is C12H12FN2O4-. The van der Waals surface area contributed by atoms with Gasteiger partial charge >= 0.3 is 6.03 Å². The molecule has 0 aromatic heterocycles. The van der Waals surface area contributed by atoms with E-state index in [2.05, 4.69) is 5.32 Å². The third-order valence-electron chi connectivity index (χ3n) is 2.93. The first-order valence-electron chi connectivity index (χ1n) is 5.70. The minimum Gasteiger partial charge on any atom is -0.548 e. The first-order valence-corrected chi connectivity index (χ1v) is 5.70. The molecule has 1 fully saturated rings. The third kappa shape index (κ3) is 2.82. The van der Waals surface area contributed by atoms with Crippen LogP contribution in [0.15, 0.2) is 24.3 Å². The summed E-state index contributed by atoms with van der Waals surface area (Å²) in [5, 5.41) is 22.5. The van der Waals surface area contributed by atoms with Crippen LogP contribution in [0.4, 0.5) is 14.9 Å². The van der Waals surface area contributed by atoms with Crippen LogP contribution in [-0.2, 0) is 4.79 Å². The predicted molar refractivity (Wildman–Crippen MR) is 61.5 cm³/mol. The molecule has 102 valence electrons. The number of carboxylic acids is 1. The maximum Gasteiger partial charge on any atom is 0.322 e. The van der Waals surface area contributed by atoms with Gasteiger partial charge in [0.05, 0.1) is 23.8 Å². The van der Waals surface area contributed by atoms with Crippen LogP contribution in [0.3, 0.4) is 0 Å². The molecule has 1 aromatic rings. The standard InChI is InChI=1S/C12H13FN2O4/c13-8-3-1-2-4-9(8)14-12(19)15-6-7(16)5-10(15)11(17)18/h1-4,7,10,16H,5-6H2,(H,14,19)(H,17,18)/p-1/t7-,10-/m0/s1. The molecule has 0 spiro atoms. The molecule has 7 heteroatoms. The number of aliphatic carboxylic acids is 1. The second-order valence-corrected chi connectivity index (χ2v) is 4.29. The summed E-state index contributed by atoms with van der Waals surface area (Å²) >= 11 is 0. The van der Waals surface area contributed by atoms with Crippen molar-refractivity contribution in [3.8, 4) is 0 Å². The van der Waals surface area contributed by atoms with Crippen molar-refractivity contribution in [2.24, 2.45) is 0 Å². The van der Waals surface area contributed by atoms with Crippen LogP contribution in [-0.4, -0.2) is 40.7 Å². The number of benzene rings is 1. The Morgan fingerprint density at radius 3 is 2.74 bits per heavy atom. The van der Waals surface area contributed by atoms with Gasteiger partial charge in [-0.15, -0.1) is 0 Å². The van der Waals surface area contributed by atoms with Gasteiger partial charge in [-0.3, -0.25) is 0 Å². The summed E-state index contributed by atoms with van der Waals surface area (Å²) in [6, 6.07) is 3.54. The first-order chi connectivity index (χ1) is 8.99. The average Bonchev–Trinajstić information content (AvgIpc) is 2.74. The Bertz CT molecular complexity index is 508. The molecule has 0 aliphatic carbocycles. The molecule has 2 N–H and O–H groups in total. The molecule has 1 heterocycles. The number of aliphatic hydroxyl groups excluding tert-OH is 1. The predicted octanol–water partition coefficient (Wildman–Crippen LogP) is -0.457. The van der Waals surface area contributed by atoms with Crippen molar-refractivity contribution in [2.75, 3.05) is 11.9 Å². The SMILES string of the molecule is O=C([O-])[C@@H]1C[C@H](O)CN1C(=O)Nc1ccccc1F. The van der Waals surface area contributed by atoms with E-state index in [0.29, 0.717) is 0 Å². The number of aliphatic hydroxyl groups is 1. The number of rotatable bonds is 2. The monoisotopic (exact) mass is 267 g/mol. The maximum absolute atomic E-state index is 13.4. The summed E-state index contributed by atoms with van der Waals surface area (Å²) in [4.78, 5) is 23.7. The number of para-hydroxylation sites is 1. The van der Waals surface area contributed by atoms with Crippen LogP contribution in [0.2, 0.25) is 0 Å². The number of hydrogen-bond acceptors (Lipinski definition) is 4. The van der Waals surface area contributed by atoms with Gasteiger partial charge in [0, 0.05) is 13.0 Å². The normalized spacial score (nSPS) is 22.3. The highest BCUT2D eigenvalue weighted by atomic mass is 19.1. The lowest BCUT2D eigenvalue weighted by molar-refractivity contribution is -0.310. The van der Waals surface area contributed by atoms with Gasteiger partial charge in [0.2, 0.25) is 0 Å². The quantitative estimate of drug-likeness (QED) is 0.758. The van der Waals surface area contributed by atoms with Crippen LogP contribution in [0.5, 0.6) is 0 Å². The molecule has 1 aliphatic rings. The van der Waals surface area contributed by atoms with E-state index in [1.54, 1.807) is 0 Å². The van der Waals surface area contributed by atoms with Gasteiger partial charge in [-0.2, -0.15) is 0 Å². The lowest BCUT2D eigenvalue weighted by atomic mass is 10.2. The minimum absolute atomic E-state index is 0.0500. The van der Waals surface area contributed by atoms with Crippen LogP contribution < -0.4 is 10.4 Å². The molecule has 1 saturated heterocycles. The molecular weight excluding hydrogens is 255 g/mol. The van der Waals surface area contributed by atoms with E-state index in [-0.39, 0.29) is 18.7 Å². The molecule has 2 atom stereocenters. The summed E-state index contributed by atoms with van der Waals surface area (Å²) in [6.07, 6.45) is -1.01. The van der Waals surface area contributed by atoms with Crippen molar-refractivity contribution in [1.82, 2.24) is 4.90 Å². The summed E-state index contributed by atoms with van der Waals surface area (Å²) < 4.78 is 13.4. The van der Waals surface area contributed by atoms with Crippen molar-refractivity contribution in [3.05, 3.63) is 30.1 Å². The molecule has 1 aromatic carbocycles. The molecule has 19 heavy (non-hydrogen) atoms. The number of nitrogens with one attached hydrogen (secondary N) is 1. The Labute approximate surface area is 108 Å². The fraction of sp³-hybridized carbons (Fsp3) is 0.333. The minimum atomic E-state index is -1.44. The van der Waals surface area contributed by atoms with E-state index in [9.17, 15) is 24.2 Å². The second kappa shape index (κ2) is 5.23. The Kier molecular flexibility index (Phi) is 3.66. The van der Waals surface area contributed by atoms with Gasteiger partial charge < -0.3 is 25.2 Å². The molecule has 0 bridgehead atoms. The maximum atomic E-state index is 13.4. The number of amides is 2. The number of carbonyl (C=O) groups is 2. The number of nitrogens with zero attached hydrogens (tertiary/aromatic N) is 1. The van der Waals surface area contributed by atoms with E-state index < -0.39 is 30.0 Å². The van der Waals surface area contributed by atoms with Crippen molar-refractivity contribution >= 4 is 17.7 Å². The van der Waals surface area contributed by atoms with Gasteiger partial charge in [0.25, 0.3) is 0 Å². The smallest absolute Gasteiger partial charge is 0.322 e. The topological polar surface area (TPSA) is 92.7 Å². The fourth-order valence-electron chi connectivity index (χ4n) is 2.01. The number of likely N-dealkylation sites (tertiary alicyclic amines) is 1. The summed E-state index contributed by atoms with van der Waals surface area (Å²) in [5.74, 6) is -2.07. The Morgan fingerprint density at radius 1 is 1.42 bits per heavy atom. The molecule has 0 radical (unpaired) electrons. The van der Waals surface area contributed by atoms with Gasteiger partial charge in [0.15, 0.2) is 0 Å². The molecule has 0 unspecified atom stereocenters. The Morgan fingerprint density at radius 2 is 2.11 bits per heavy atom. The number of carboxylic acid groups (broad SMARTS) is 1. The van der Waals surface area contributed by atoms with Crippen molar-refractivity contribution < 1.29 is 24.2 Å². The molecule has 0 saturated carbocycles. The average molecular weight is 267 g/mol. The zero-order chi connectivity index (χ0) is 14.0. The van der Waals surface area contributed by atoms with Crippen molar-refractivity contribution in [2.45, 2.75) is 18.6 Å². The highest BCUT2D eigenvalue weighted by Gasteiger charge is 2.35. The van der Waals surface area contributed by atoms with Gasteiger partial charge in [-0.1, -0.05) is 12.1 Å². The Balaban J connectivity index is 2.11. The van der Waals surface area contributed by atoms with E-state index in [1.165, 1.54) is 24.3 Å². The first kappa shape index (κ1) is 13.3. The number of hydrogen-bond donors (Lipinski definition) is 2. The van der Waals surface area contributed by atoms with E-state index in [1.807, 2.05) is 0 Å². The lowest BCUT2D eigenvalue weighted by Crippen LogP contribution is -2.48. The number of carbonyl (C=O) groups excluding carboxylic acids is 2. The second-order valence-electron chi connectivity index (χ2n) is 4.29. The fourth-order valence-corrected chi connectivity index (χ4v) is 2.01. The van der Waals surface area contributed by atoms with Gasteiger partial charge in [0.1, 0.15) is 5.82 Å². The zero-order valence-corrected chi connectivity index (χ0v) is 9.88. The van der Waals surface area contributed by atoms with E-state index in [4.69, 9.17) is 0 Å².